The van der Waals surface area contributed by atoms with Crippen LogP contribution in [0, 0.1) is 0 Å². The number of hydrogen-bond donors (Lipinski definition) is 2. The van der Waals surface area contributed by atoms with Crippen molar-refractivity contribution in [3.8, 4) is 0 Å². The number of thioether (sulfide) groups is 1. The van der Waals surface area contributed by atoms with Crippen LogP contribution in [0.2, 0.25) is 0 Å². The van der Waals surface area contributed by atoms with Crippen LogP contribution in [0.15, 0.2) is 65.7 Å². The number of rotatable bonds is 3. The summed E-state index contributed by atoms with van der Waals surface area (Å²) in [6.45, 7) is 0. The van der Waals surface area contributed by atoms with Gasteiger partial charge in [0.2, 0.25) is 5.72 Å². The van der Waals surface area contributed by atoms with Crippen molar-refractivity contribution in [2.45, 2.75) is 11.1 Å². The summed E-state index contributed by atoms with van der Waals surface area (Å²) in [5, 5.41) is 13.8. The van der Waals surface area contributed by atoms with Crippen molar-refractivity contribution in [3.63, 3.8) is 0 Å². The fourth-order valence-corrected chi connectivity index (χ4v) is 3.54. The Morgan fingerprint density at radius 2 is 1.78 bits per heavy atom. The van der Waals surface area contributed by atoms with Crippen LogP contribution < -0.4 is 5.32 Å². The first-order chi connectivity index (χ1) is 11.1. The molecule has 2 unspecified atom stereocenters. The summed E-state index contributed by atoms with van der Waals surface area (Å²) < 4.78 is 4.66. The van der Waals surface area contributed by atoms with E-state index in [4.69, 9.17) is 0 Å². The molecule has 0 aromatic heterocycles. The molecule has 3 rings (SSSR count). The number of carbonyl (C=O) groups excluding carboxylic acids is 1. The third kappa shape index (κ3) is 3.09. The SMILES string of the molecule is COC(=O)NC1SC(c2ccccc2)=NC1(O)c1ccccc1. The van der Waals surface area contributed by atoms with Gasteiger partial charge in [-0.2, -0.15) is 0 Å². The van der Waals surface area contributed by atoms with Crippen molar-refractivity contribution >= 4 is 22.9 Å². The van der Waals surface area contributed by atoms with E-state index in [0.29, 0.717) is 10.6 Å². The van der Waals surface area contributed by atoms with Crippen molar-refractivity contribution < 1.29 is 14.6 Å². The van der Waals surface area contributed by atoms with Gasteiger partial charge in [0, 0.05) is 11.1 Å². The van der Waals surface area contributed by atoms with Crippen molar-refractivity contribution in [1.29, 1.82) is 0 Å². The molecule has 0 radical (unpaired) electrons. The topological polar surface area (TPSA) is 70.9 Å². The molecule has 6 heteroatoms. The smallest absolute Gasteiger partial charge is 0.407 e. The third-order valence-electron chi connectivity index (χ3n) is 3.52. The first-order valence-electron chi connectivity index (χ1n) is 7.08. The largest absolute Gasteiger partial charge is 0.453 e. The summed E-state index contributed by atoms with van der Waals surface area (Å²) in [6.07, 6.45) is -0.610. The summed E-state index contributed by atoms with van der Waals surface area (Å²) in [4.78, 5) is 16.1. The highest BCUT2D eigenvalue weighted by atomic mass is 32.2. The number of carbonyl (C=O) groups is 1. The lowest BCUT2D eigenvalue weighted by Gasteiger charge is -2.27. The molecule has 1 aliphatic heterocycles. The van der Waals surface area contributed by atoms with E-state index in [0.717, 1.165) is 5.56 Å². The minimum atomic E-state index is -1.55. The van der Waals surface area contributed by atoms with E-state index in [-0.39, 0.29) is 0 Å². The zero-order valence-electron chi connectivity index (χ0n) is 12.5. The predicted molar refractivity (Wildman–Crippen MR) is 90.2 cm³/mol. The molecular weight excluding hydrogens is 312 g/mol. The average molecular weight is 328 g/mol. The quantitative estimate of drug-likeness (QED) is 0.909. The van der Waals surface area contributed by atoms with Crippen molar-refractivity contribution in [3.05, 3.63) is 71.8 Å². The Balaban J connectivity index is 2.00. The molecule has 2 N–H and O–H groups in total. The molecule has 0 saturated carbocycles. The Hall–Kier alpha value is -2.31. The van der Waals surface area contributed by atoms with Crippen molar-refractivity contribution in [1.82, 2.24) is 5.32 Å². The Bertz CT molecular complexity index is 721. The fourth-order valence-electron chi connectivity index (χ4n) is 2.34. The number of benzene rings is 2. The van der Waals surface area contributed by atoms with Crippen LogP contribution in [0.5, 0.6) is 0 Å². The maximum absolute atomic E-state index is 11.6. The van der Waals surface area contributed by atoms with E-state index in [1.165, 1.54) is 18.9 Å². The molecule has 0 bridgehead atoms. The lowest BCUT2D eigenvalue weighted by Crippen LogP contribution is -2.45. The Labute approximate surface area is 138 Å². The van der Waals surface area contributed by atoms with E-state index in [2.05, 4.69) is 15.0 Å². The van der Waals surface area contributed by atoms with Gasteiger partial charge in [0.25, 0.3) is 0 Å². The maximum Gasteiger partial charge on any atom is 0.407 e. The monoisotopic (exact) mass is 328 g/mol. The molecule has 2 aromatic carbocycles. The average Bonchev–Trinajstić information content (AvgIpc) is 2.94. The summed E-state index contributed by atoms with van der Waals surface area (Å²) in [5.74, 6) is 0. The highest BCUT2D eigenvalue weighted by molar-refractivity contribution is 8.15. The number of nitrogens with zero attached hydrogens (tertiary/aromatic N) is 1. The second-order valence-corrected chi connectivity index (χ2v) is 6.10. The Kier molecular flexibility index (Phi) is 4.36. The van der Waals surface area contributed by atoms with Gasteiger partial charge in [-0.1, -0.05) is 72.4 Å². The molecule has 118 valence electrons. The Morgan fingerprint density at radius 1 is 1.17 bits per heavy atom. The summed E-state index contributed by atoms with van der Waals surface area (Å²) in [6, 6.07) is 18.6. The lowest BCUT2D eigenvalue weighted by atomic mass is 10.0. The predicted octanol–water partition coefficient (Wildman–Crippen LogP) is 2.71. The molecule has 0 aliphatic carbocycles. The number of nitrogens with one attached hydrogen (secondary N) is 1. The van der Waals surface area contributed by atoms with Crippen LogP contribution in [-0.4, -0.2) is 28.7 Å². The van der Waals surface area contributed by atoms with Crippen molar-refractivity contribution in [2.75, 3.05) is 7.11 Å². The number of alkyl carbamates (subject to hydrolysis) is 1. The van der Waals surface area contributed by atoms with Gasteiger partial charge in [0.1, 0.15) is 10.4 Å². The van der Waals surface area contributed by atoms with E-state index < -0.39 is 17.2 Å². The minimum absolute atomic E-state index is 0.610. The zero-order chi connectivity index (χ0) is 16.3. The molecule has 1 amide bonds. The van der Waals surface area contributed by atoms with Gasteiger partial charge in [-0.25, -0.2) is 9.79 Å². The summed E-state index contributed by atoms with van der Waals surface area (Å²) in [5.41, 5.74) is -0.0495. The highest BCUT2D eigenvalue weighted by Crippen LogP contribution is 2.41. The van der Waals surface area contributed by atoms with Crippen LogP contribution in [0.25, 0.3) is 0 Å². The van der Waals surface area contributed by atoms with E-state index in [1.807, 2.05) is 48.5 Å². The number of aliphatic imine (C=N–C) groups is 1. The fraction of sp³-hybridized carbons (Fsp3) is 0.176. The van der Waals surface area contributed by atoms with Crippen molar-refractivity contribution in [2.24, 2.45) is 4.99 Å². The number of ether oxygens (including phenoxy) is 1. The van der Waals surface area contributed by atoms with Gasteiger partial charge < -0.3 is 15.2 Å². The molecule has 2 atom stereocenters. The van der Waals surface area contributed by atoms with Crippen LogP contribution >= 0.6 is 11.8 Å². The minimum Gasteiger partial charge on any atom is -0.453 e. The second kappa shape index (κ2) is 6.44. The molecule has 5 nitrogen and oxygen atoms in total. The van der Waals surface area contributed by atoms with Gasteiger partial charge in [-0.05, 0) is 0 Å². The summed E-state index contributed by atoms with van der Waals surface area (Å²) in [7, 11) is 1.29. The van der Waals surface area contributed by atoms with Crippen LogP contribution in [0.4, 0.5) is 4.79 Å². The maximum atomic E-state index is 11.6. The normalized spacial score (nSPS) is 23.2. The van der Waals surface area contributed by atoms with Gasteiger partial charge in [-0.3, -0.25) is 0 Å². The molecule has 1 aliphatic rings. The molecule has 2 aromatic rings. The molecule has 0 saturated heterocycles. The first kappa shape index (κ1) is 15.6. The van der Waals surface area contributed by atoms with E-state index in [1.54, 1.807) is 12.1 Å². The standard InChI is InChI=1S/C17H16N2O3S/c1-22-16(20)18-15-17(21,13-10-6-3-7-11-13)19-14(23-15)12-8-4-2-5-9-12/h2-11,15,21H,1H3,(H,18,20). The van der Waals surface area contributed by atoms with Crippen LogP contribution in [0.3, 0.4) is 0 Å². The van der Waals surface area contributed by atoms with Gasteiger partial charge in [0.15, 0.2) is 0 Å². The zero-order valence-corrected chi connectivity index (χ0v) is 13.3. The highest BCUT2D eigenvalue weighted by Gasteiger charge is 2.46. The van der Waals surface area contributed by atoms with Gasteiger partial charge in [0.05, 0.1) is 7.11 Å². The number of aliphatic hydroxyl groups is 1. The second-order valence-electron chi connectivity index (χ2n) is 5.01. The van der Waals surface area contributed by atoms with E-state index >= 15 is 0 Å². The van der Waals surface area contributed by atoms with Gasteiger partial charge >= 0.3 is 6.09 Å². The molecule has 1 heterocycles. The molecule has 23 heavy (non-hydrogen) atoms. The first-order valence-corrected chi connectivity index (χ1v) is 7.96. The molecule has 0 fully saturated rings. The van der Waals surface area contributed by atoms with Gasteiger partial charge in [-0.15, -0.1) is 0 Å². The number of amides is 1. The molecular formula is C17H16N2O3S. The Morgan fingerprint density at radius 3 is 2.39 bits per heavy atom. The van der Waals surface area contributed by atoms with E-state index in [9.17, 15) is 9.90 Å². The third-order valence-corrected chi connectivity index (χ3v) is 4.75. The number of hydrogen-bond acceptors (Lipinski definition) is 5. The number of methoxy groups -OCH3 is 1. The van der Waals surface area contributed by atoms with Crippen LogP contribution in [-0.2, 0) is 10.5 Å². The van der Waals surface area contributed by atoms with Crippen LogP contribution in [0.1, 0.15) is 11.1 Å². The molecule has 0 spiro atoms. The summed E-state index contributed by atoms with van der Waals surface area (Å²) >= 11 is 1.30. The lowest BCUT2D eigenvalue weighted by molar-refractivity contribution is 0.0372.